The summed E-state index contributed by atoms with van der Waals surface area (Å²) in [6, 6.07) is 4.90. The number of imidazole rings is 1. The zero-order chi connectivity index (χ0) is 26.8. The summed E-state index contributed by atoms with van der Waals surface area (Å²) in [5.41, 5.74) is 1.69. The maximum Gasteiger partial charge on any atom is 0.433 e. The van der Waals surface area contributed by atoms with Gasteiger partial charge in [-0.1, -0.05) is 6.07 Å². The van der Waals surface area contributed by atoms with E-state index >= 15 is 0 Å². The van der Waals surface area contributed by atoms with E-state index in [1.165, 1.54) is 29.6 Å². The molecule has 0 saturated heterocycles. The van der Waals surface area contributed by atoms with Crippen LogP contribution in [0.4, 0.5) is 23.5 Å². The summed E-state index contributed by atoms with van der Waals surface area (Å²) < 4.78 is 62.2. The van der Waals surface area contributed by atoms with Crippen LogP contribution >= 0.6 is 0 Å². The lowest BCUT2D eigenvalue weighted by atomic mass is 10.00. The lowest BCUT2D eigenvalue weighted by Gasteiger charge is -2.29. The maximum atomic E-state index is 14.7. The number of rotatable bonds is 4. The molecular formula is C26H22F4N6O2. The van der Waals surface area contributed by atoms with Crippen LogP contribution in [-0.4, -0.2) is 42.8 Å². The van der Waals surface area contributed by atoms with Crippen molar-refractivity contribution < 1.29 is 27.1 Å². The number of aromatic nitrogens is 4. The molecule has 0 aliphatic carbocycles. The van der Waals surface area contributed by atoms with E-state index in [0.29, 0.717) is 46.9 Å². The summed E-state index contributed by atoms with van der Waals surface area (Å²) in [6.07, 6.45) is -1.14. The number of hydrogen-bond acceptors (Lipinski definition) is 6. The topological polar surface area (TPSA) is 84.7 Å². The Balaban J connectivity index is 1.48. The van der Waals surface area contributed by atoms with E-state index in [4.69, 9.17) is 4.74 Å². The second-order valence-electron chi connectivity index (χ2n) is 9.48. The molecule has 1 N–H and O–H groups in total. The van der Waals surface area contributed by atoms with Crippen LogP contribution < -0.4 is 10.1 Å². The second-order valence-corrected chi connectivity index (χ2v) is 9.48. The fourth-order valence-corrected chi connectivity index (χ4v) is 4.98. The van der Waals surface area contributed by atoms with Crippen LogP contribution in [0.3, 0.4) is 0 Å². The predicted octanol–water partition coefficient (Wildman–Crippen LogP) is 4.86. The van der Waals surface area contributed by atoms with Gasteiger partial charge in [0, 0.05) is 47.5 Å². The highest BCUT2D eigenvalue weighted by Crippen LogP contribution is 2.37. The van der Waals surface area contributed by atoms with Gasteiger partial charge in [0.2, 0.25) is 5.95 Å². The summed E-state index contributed by atoms with van der Waals surface area (Å²) >= 11 is 0. The maximum absolute atomic E-state index is 14.7. The molecule has 6 rings (SSSR count). The molecule has 4 aromatic rings. The summed E-state index contributed by atoms with van der Waals surface area (Å²) in [5, 5.41) is 3.13. The third-order valence-corrected chi connectivity index (χ3v) is 6.89. The normalized spacial score (nSPS) is 14.8. The standard InChI is InChI=1S/C26H22F4N6O2/c1-13(2)35-11-19-14(3-6-21(34-19)26(28,29)30)17-10-32-25(36-12-33-22(23(17)36)24(35)37)31-9-16-15-7-8-38-20(15)5-4-18(16)27/h3-6,10,12-13H,7-9,11H2,1-2H3,(H,31,32). The van der Waals surface area contributed by atoms with E-state index in [-0.39, 0.29) is 36.3 Å². The molecule has 2 aliphatic rings. The first-order chi connectivity index (χ1) is 18.1. The Bertz CT molecular complexity index is 1600. The van der Waals surface area contributed by atoms with Gasteiger partial charge in [-0.3, -0.25) is 9.20 Å². The molecule has 38 heavy (non-hydrogen) atoms. The molecular weight excluding hydrogens is 504 g/mol. The number of fused-ring (bicyclic) bond motifs is 3. The molecule has 0 spiro atoms. The van der Waals surface area contributed by atoms with Crippen LogP contribution in [0, 0.1) is 5.82 Å². The number of amides is 1. The quantitative estimate of drug-likeness (QED) is 0.383. The number of benzene rings is 1. The van der Waals surface area contributed by atoms with Crippen molar-refractivity contribution in [1.82, 2.24) is 24.3 Å². The van der Waals surface area contributed by atoms with Crippen LogP contribution in [0.2, 0.25) is 0 Å². The highest BCUT2D eigenvalue weighted by atomic mass is 19.4. The van der Waals surface area contributed by atoms with Gasteiger partial charge in [-0.2, -0.15) is 13.2 Å². The Morgan fingerprint density at radius 3 is 2.71 bits per heavy atom. The number of halogens is 4. The minimum absolute atomic E-state index is 0.104. The molecule has 0 saturated carbocycles. The third kappa shape index (κ3) is 3.82. The number of alkyl halides is 3. The van der Waals surface area contributed by atoms with E-state index in [1.54, 1.807) is 24.3 Å². The van der Waals surface area contributed by atoms with E-state index in [0.717, 1.165) is 11.6 Å². The molecule has 1 amide bonds. The van der Waals surface area contributed by atoms with Gasteiger partial charge >= 0.3 is 6.18 Å². The first-order valence-electron chi connectivity index (χ1n) is 12.0. The largest absolute Gasteiger partial charge is 0.493 e. The molecule has 12 heteroatoms. The summed E-state index contributed by atoms with van der Waals surface area (Å²) in [7, 11) is 0. The van der Waals surface area contributed by atoms with Crippen LogP contribution in [0.15, 0.2) is 36.8 Å². The zero-order valence-electron chi connectivity index (χ0n) is 20.4. The number of carbonyl (C=O) groups excluding carboxylic acids is 1. The number of nitrogens with one attached hydrogen (secondary N) is 1. The van der Waals surface area contributed by atoms with Gasteiger partial charge in [0.15, 0.2) is 5.69 Å². The number of nitrogens with zero attached hydrogens (tertiary/aromatic N) is 5. The average Bonchev–Trinajstić information content (AvgIpc) is 3.52. The summed E-state index contributed by atoms with van der Waals surface area (Å²) in [4.78, 5) is 27.7. The lowest BCUT2D eigenvalue weighted by Crippen LogP contribution is -2.38. The molecule has 3 aromatic heterocycles. The Morgan fingerprint density at radius 1 is 1.13 bits per heavy atom. The van der Waals surface area contributed by atoms with Gasteiger partial charge in [-0.15, -0.1) is 0 Å². The van der Waals surface area contributed by atoms with Gasteiger partial charge in [0.1, 0.15) is 23.6 Å². The lowest BCUT2D eigenvalue weighted by molar-refractivity contribution is -0.141. The summed E-state index contributed by atoms with van der Waals surface area (Å²) in [6.45, 7) is 4.02. The molecule has 0 fully saturated rings. The van der Waals surface area contributed by atoms with Crippen LogP contribution in [-0.2, 0) is 25.7 Å². The van der Waals surface area contributed by atoms with Crippen LogP contribution in [0.25, 0.3) is 16.6 Å². The monoisotopic (exact) mass is 526 g/mol. The molecule has 196 valence electrons. The van der Waals surface area contributed by atoms with E-state index in [9.17, 15) is 22.4 Å². The van der Waals surface area contributed by atoms with Gasteiger partial charge < -0.3 is 15.0 Å². The molecule has 0 bridgehead atoms. The minimum Gasteiger partial charge on any atom is -0.493 e. The van der Waals surface area contributed by atoms with Crippen molar-refractivity contribution in [3.05, 3.63) is 70.8 Å². The van der Waals surface area contributed by atoms with Crippen LogP contribution in [0.5, 0.6) is 5.75 Å². The van der Waals surface area contributed by atoms with Crippen molar-refractivity contribution in [3.8, 4) is 16.9 Å². The Hall–Kier alpha value is -4.22. The molecule has 0 atom stereocenters. The molecule has 0 unspecified atom stereocenters. The van der Waals surface area contributed by atoms with Crippen molar-refractivity contribution >= 4 is 17.4 Å². The van der Waals surface area contributed by atoms with E-state index in [1.807, 2.05) is 0 Å². The zero-order valence-corrected chi connectivity index (χ0v) is 20.4. The highest BCUT2D eigenvalue weighted by Gasteiger charge is 2.35. The summed E-state index contributed by atoms with van der Waals surface area (Å²) in [5.74, 6) is 0.128. The highest BCUT2D eigenvalue weighted by molar-refractivity contribution is 6.04. The van der Waals surface area contributed by atoms with Gasteiger partial charge in [-0.25, -0.2) is 19.3 Å². The fourth-order valence-electron chi connectivity index (χ4n) is 4.98. The first kappa shape index (κ1) is 24.1. The van der Waals surface area contributed by atoms with E-state index < -0.39 is 17.8 Å². The van der Waals surface area contributed by atoms with Gasteiger partial charge in [0.05, 0.1) is 24.4 Å². The average molecular weight is 526 g/mol. The predicted molar refractivity (Wildman–Crippen MR) is 129 cm³/mol. The second kappa shape index (κ2) is 8.67. The molecule has 0 radical (unpaired) electrons. The SMILES string of the molecule is CC(C)N1Cc2nc(C(F)(F)F)ccc2-c2cnc(NCc3c(F)ccc4c3CCO4)n3cnc(c23)C1=O. The minimum atomic E-state index is -4.63. The number of hydrogen-bond donors (Lipinski definition) is 1. The van der Waals surface area contributed by atoms with Crippen molar-refractivity contribution in [2.45, 2.75) is 45.6 Å². The van der Waals surface area contributed by atoms with E-state index in [2.05, 4.69) is 20.3 Å². The number of ether oxygens (including phenoxy) is 1. The molecule has 1 aromatic carbocycles. The van der Waals surface area contributed by atoms with Crippen molar-refractivity contribution in [2.24, 2.45) is 0 Å². The number of carbonyl (C=O) groups is 1. The van der Waals surface area contributed by atoms with Crippen LogP contribution in [0.1, 0.15) is 46.9 Å². The van der Waals surface area contributed by atoms with Crippen molar-refractivity contribution in [1.29, 1.82) is 0 Å². The Kier molecular flexibility index (Phi) is 5.51. The van der Waals surface area contributed by atoms with Gasteiger partial charge in [0.25, 0.3) is 5.91 Å². The smallest absolute Gasteiger partial charge is 0.433 e. The number of pyridine rings is 1. The Morgan fingerprint density at radius 2 is 1.95 bits per heavy atom. The molecule has 2 aliphatic heterocycles. The first-order valence-corrected chi connectivity index (χ1v) is 12.0. The third-order valence-electron chi connectivity index (χ3n) is 6.89. The fraction of sp³-hybridized carbons (Fsp3) is 0.308. The number of anilines is 1. The Labute approximate surface area is 214 Å². The molecule has 8 nitrogen and oxygen atoms in total. The van der Waals surface area contributed by atoms with Crippen molar-refractivity contribution in [2.75, 3.05) is 11.9 Å². The van der Waals surface area contributed by atoms with Gasteiger partial charge in [-0.05, 0) is 32.0 Å². The van der Waals surface area contributed by atoms with Crippen molar-refractivity contribution in [3.63, 3.8) is 0 Å². The molecule has 5 heterocycles.